The zero-order chi connectivity index (χ0) is 22.1. The van der Waals surface area contributed by atoms with Crippen molar-refractivity contribution in [2.45, 2.75) is 17.4 Å². The van der Waals surface area contributed by atoms with Crippen molar-refractivity contribution >= 4 is 38.4 Å². The first-order valence-corrected chi connectivity index (χ1v) is 10.0. The normalized spacial score (nSPS) is 13.7. The second kappa shape index (κ2) is 7.72. The van der Waals surface area contributed by atoms with Gasteiger partial charge in [-0.15, -0.1) is 0 Å². The quantitative estimate of drug-likeness (QED) is 0.400. The van der Waals surface area contributed by atoms with Gasteiger partial charge in [0.1, 0.15) is 11.9 Å². The number of ether oxygens (including phenoxy) is 1. The van der Waals surface area contributed by atoms with Crippen LogP contribution in [0.3, 0.4) is 0 Å². The number of pyridine rings is 1. The number of aromatic nitrogens is 2. The second-order valence-electron chi connectivity index (χ2n) is 6.64. The van der Waals surface area contributed by atoms with E-state index < -0.39 is 32.1 Å². The minimum absolute atomic E-state index is 0.00641. The van der Waals surface area contributed by atoms with Gasteiger partial charge in [-0.1, -0.05) is 18.2 Å². The summed E-state index contributed by atoms with van der Waals surface area (Å²) < 4.78 is 31.8. The first kappa shape index (κ1) is 21.2. The fraction of sp³-hybridized carbons (Fsp3) is 0.222. The van der Waals surface area contributed by atoms with Crippen LogP contribution in [0.25, 0.3) is 11.0 Å². The molecular formula is C18H18N4O7S. The Bertz CT molecular complexity index is 1220. The van der Waals surface area contributed by atoms with Gasteiger partial charge >= 0.3 is 11.7 Å². The number of carboxylic acids is 1. The van der Waals surface area contributed by atoms with Gasteiger partial charge in [0.05, 0.1) is 21.8 Å². The maximum Gasteiger partial charge on any atom is 0.331 e. The lowest BCUT2D eigenvalue weighted by molar-refractivity contribution is -0.384. The summed E-state index contributed by atoms with van der Waals surface area (Å²) in [6.07, 6.45) is 2.10. The van der Waals surface area contributed by atoms with Crippen molar-refractivity contribution in [3.63, 3.8) is 0 Å². The van der Waals surface area contributed by atoms with E-state index in [9.17, 15) is 28.4 Å². The SMILES string of the molecule is COC[C@](C)(Nc1c([N+](=O)[O-])cnc2c1ccn2S(=O)(=O)c1ccccc1)C(=O)O. The molecule has 1 aromatic carbocycles. The number of hydrogen-bond donors (Lipinski definition) is 2. The van der Waals surface area contributed by atoms with Gasteiger partial charge in [-0.3, -0.25) is 10.1 Å². The largest absolute Gasteiger partial charge is 0.479 e. The van der Waals surface area contributed by atoms with Crippen LogP contribution in [-0.2, 0) is 19.6 Å². The summed E-state index contributed by atoms with van der Waals surface area (Å²) in [5, 5.41) is 23.8. The molecule has 2 N–H and O–H groups in total. The molecule has 0 aliphatic carbocycles. The fourth-order valence-corrected chi connectivity index (χ4v) is 4.26. The average molecular weight is 434 g/mol. The Labute approximate surface area is 171 Å². The predicted molar refractivity (Wildman–Crippen MR) is 107 cm³/mol. The molecular weight excluding hydrogens is 416 g/mol. The fourth-order valence-electron chi connectivity index (χ4n) is 2.94. The molecule has 0 saturated heterocycles. The van der Waals surface area contributed by atoms with Crippen LogP contribution in [0, 0.1) is 10.1 Å². The van der Waals surface area contributed by atoms with Gasteiger partial charge in [0.2, 0.25) is 0 Å². The highest BCUT2D eigenvalue weighted by Gasteiger charge is 2.37. The highest BCUT2D eigenvalue weighted by Crippen LogP contribution is 2.35. The van der Waals surface area contributed by atoms with Crippen LogP contribution in [0.15, 0.2) is 53.7 Å². The number of nitrogens with one attached hydrogen (secondary N) is 1. The maximum atomic E-state index is 13.0. The predicted octanol–water partition coefficient (Wildman–Crippen LogP) is 2.08. The Kier molecular flexibility index (Phi) is 5.46. The molecule has 0 fully saturated rings. The lowest BCUT2D eigenvalue weighted by Gasteiger charge is -2.26. The van der Waals surface area contributed by atoms with Crippen molar-refractivity contribution in [1.29, 1.82) is 0 Å². The topological polar surface area (TPSA) is 154 Å². The molecule has 2 heterocycles. The van der Waals surface area contributed by atoms with Gasteiger partial charge in [-0.05, 0) is 25.1 Å². The number of nitrogens with zero attached hydrogens (tertiary/aromatic N) is 3. The summed E-state index contributed by atoms with van der Waals surface area (Å²) in [6.45, 7) is 0.999. The molecule has 11 nitrogen and oxygen atoms in total. The highest BCUT2D eigenvalue weighted by atomic mass is 32.2. The Balaban J connectivity index is 2.24. The third-order valence-corrected chi connectivity index (χ3v) is 6.14. The van der Waals surface area contributed by atoms with Gasteiger partial charge < -0.3 is 15.2 Å². The molecule has 3 aromatic rings. The molecule has 1 atom stereocenters. The number of aliphatic carboxylic acids is 1. The van der Waals surface area contributed by atoms with E-state index in [-0.39, 0.29) is 28.2 Å². The molecule has 0 amide bonds. The van der Waals surface area contributed by atoms with Crippen LogP contribution in [-0.4, -0.2) is 52.6 Å². The summed E-state index contributed by atoms with van der Waals surface area (Å²) in [6, 6.07) is 8.93. The molecule has 3 rings (SSSR count). The van der Waals surface area contributed by atoms with Crippen molar-refractivity contribution in [2.24, 2.45) is 0 Å². The minimum Gasteiger partial charge on any atom is -0.479 e. The lowest BCUT2D eigenvalue weighted by atomic mass is 10.0. The van der Waals surface area contributed by atoms with Gasteiger partial charge in [0, 0.05) is 13.3 Å². The van der Waals surface area contributed by atoms with Crippen molar-refractivity contribution in [3.05, 3.63) is 58.9 Å². The van der Waals surface area contributed by atoms with E-state index in [0.717, 1.165) is 10.2 Å². The molecule has 2 aromatic heterocycles. The van der Waals surface area contributed by atoms with E-state index in [1.165, 1.54) is 38.4 Å². The van der Waals surface area contributed by atoms with E-state index in [2.05, 4.69) is 10.3 Å². The number of carbonyl (C=O) groups is 1. The lowest BCUT2D eigenvalue weighted by Crippen LogP contribution is -2.47. The number of methoxy groups -OCH3 is 1. The molecule has 0 unspecified atom stereocenters. The minimum atomic E-state index is -4.03. The third kappa shape index (κ3) is 3.57. The monoisotopic (exact) mass is 434 g/mol. The van der Waals surface area contributed by atoms with Crippen LogP contribution in [0.5, 0.6) is 0 Å². The number of nitro groups is 1. The van der Waals surface area contributed by atoms with E-state index in [1.807, 2.05) is 0 Å². The molecule has 158 valence electrons. The average Bonchev–Trinajstić information content (AvgIpc) is 3.14. The zero-order valence-electron chi connectivity index (χ0n) is 16.0. The molecule has 0 bridgehead atoms. The number of rotatable bonds is 8. The van der Waals surface area contributed by atoms with E-state index in [1.54, 1.807) is 18.2 Å². The summed E-state index contributed by atoms with van der Waals surface area (Å²) in [7, 11) is -2.73. The van der Waals surface area contributed by atoms with Crippen LogP contribution in [0.2, 0.25) is 0 Å². The van der Waals surface area contributed by atoms with Crippen molar-refractivity contribution in [3.8, 4) is 0 Å². The highest BCUT2D eigenvalue weighted by molar-refractivity contribution is 7.90. The van der Waals surface area contributed by atoms with Crippen molar-refractivity contribution in [2.75, 3.05) is 19.0 Å². The Morgan fingerprint density at radius 1 is 1.33 bits per heavy atom. The number of fused-ring (bicyclic) bond motifs is 1. The van der Waals surface area contributed by atoms with Gasteiger partial charge in [0.25, 0.3) is 10.0 Å². The number of carboxylic acid groups (broad SMARTS) is 1. The molecule has 0 aliphatic heterocycles. The Hall–Kier alpha value is -3.51. The first-order valence-electron chi connectivity index (χ1n) is 8.57. The van der Waals surface area contributed by atoms with Crippen LogP contribution < -0.4 is 5.32 Å². The van der Waals surface area contributed by atoms with Crippen molar-refractivity contribution < 1.29 is 28.0 Å². The smallest absolute Gasteiger partial charge is 0.331 e. The van der Waals surface area contributed by atoms with Gasteiger partial charge in [-0.2, -0.15) is 0 Å². The molecule has 0 spiro atoms. The molecule has 0 saturated carbocycles. The molecule has 0 radical (unpaired) electrons. The summed E-state index contributed by atoms with van der Waals surface area (Å²) in [5.41, 5.74) is -2.47. The Morgan fingerprint density at radius 3 is 2.57 bits per heavy atom. The molecule has 12 heteroatoms. The van der Waals surface area contributed by atoms with Crippen molar-refractivity contribution in [1.82, 2.24) is 8.96 Å². The standard InChI is InChI=1S/C18H18N4O7S/c1-18(11-29-2,17(23)24)20-15-13-8-9-21(16(13)19-10-14(15)22(25)26)30(27,28)12-6-4-3-5-7-12/h3-10H,11H2,1-2H3,(H,19,20)(H,23,24)/t18-/m0/s1. The Morgan fingerprint density at radius 2 is 2.00 bits per heavy atom. The van der Waals surface area contributed by atoms with Crippen LogP contribution in [0.4, 0.5) is 11.4 Å². The van der Waals surface area contributed by atoms with Crippen LogP contribution >= 0.6 is 0 Å². The van der Waals surface area contributed by atoms with Crippen LogP contribution in [0.1, 0.15) is 6.92 Å². The summed E-state index contributed by atoms with van der Waals surface area (Å²) in [5.74, 6) is -1.31. The van der Waals surface area contributed by atoms with E-state index in [4.69, 9.17) is 4.74 Å². The third-order valence-electron chi connectivity index (χ3n) is 4.46. The van der Waals surface area contributed by atoms with Gasteiger partial charge in [-0.25, -0.2) is 22.2 Å². The maximum absolute atomic E-state index is 13.0. The summed E-state index contributed by atoms with van der Waals surface area (Å²) >= 11 is 0. The molecule has 0 aliphatic rings. The summed E-state index contributed by atoms with van der Waals surface area (Å²) in [4.78, 5) is 26.5. The number of benzene rings is 1. The zero-order valence-corrected chi connectivity index (χ0v) is 16.8. The first-order chi connectivity index (χ1) is 14.1. The van der Waals surface area contributed by atoms with E-state index >= 15 is 0 Å². The molecule has 30 heavy (non-hydrogen) atoms. The number of anilines is 1. The van der Waals surface area contributed by atoms with Gasteiger partial charge in [0.15, 0.2) is 11.2 Å². The second-order valence-corrected chi connectivity index (χ2v) is 8.45. The van der Waals surface area contributed by atoms with E-state index in [0.29, 0.717) is 0 Å². The number of hydrogen-bond acceptors (Lipinski definition) is 8.